The monoisotopic (exact) mass is 165 g/mol. The summed E-state index contributed by atoms with van der Waals surface area (Å²) in [5.74, 6) is 0.310. The average Bonchev–Trinajstić information content (AvgIpc) is 2.65. The Balaban J connectivity index is 1.99. The number of nitrogens with zero attached hydrogens (tertiary/aromatic N) is 1. The molecule has 2 rings (SSSR count). The fourth-order valence-corrected chi connectivity index (χ4v) is 1.46. The molecule has 0 unspecified atom stereocenters. The Bertz CT molecular complexity index is 268. The standard InChI is InChI=1S/C8H11N3O/c12-8-1-2-10-7(8)3-6-4-9-5-11-6/h4-5,7,10H,1-3H2,(H,9,11)/t7-/m1/s1. The lowest BCUT2D eigenvalue weighted by Gasteiger charge is -2.05. The van der Waals surface area contributed by atoms with E-state index >= 15 is 0 Å². The maximum atomic E-state index is 11.2. The Morgan fingerprint density at radius 2 is 2.58 bits per heavy atom. The van der Waals surface area contributed by atoms with Gasteiger partial charge in [0, 0.05) is 31.3 Å². The number of hydrogen-bond acceptors (Lipinski definition) is 3. The summed E-state index contributed by atoms with van der Waals surface area (Å²) in [6.45, 7) is 0.817. The number of H-pyrrole nitrogens is 1. The Hall–Kier alpha value is -1.16. The summed E-state index contributed by atoms with van der Waals surface area (Å²) in [5, 5.41) is 3.15. The molecule has 64 valence electrons. The van der Waals surface area contributed by atoms with Crippen molar-refractivity contribution in [2.75, 3.05) is 6.54 Å². The molecule has 0 aliphatic carbocycles. The highest BCUT2D eigenvalue weighted by atomic mass is 16.1. The van der Waals surface area contributed by atoms with Gasteiger partial charge in [0.2, 0.25) is 0 Å². The van der Waals surface area contributed by atoms with Crippen LogP contribution < -0.4 is 5.32 Å². The topological polar surface area (TPSA) is 57.8 Å². The van der Waals surface area contributed by atoms with E-state index in [1.165, 1.54) is 0 Å². The Labute approximate surface area is 70.4 Å². The lowest BCUT2D eigenvalue weighted by Crippen LogP contribution is -2.29. The van der Waals surface area contributed by atoms with E-state index < -0.39 is 0 Å². The molecule has 1 fully saturated rings. The summed E-state index contributed by atoms with van der Waals surface area (Å²) in [6.07, 6.45) is 4.79. The minimum absolute atomic E-state index is 0.00505. The zero-order valence-electron chi connectivity index (χ0n) is 6.71. The van der Waals surface area contributed by atoms with Crippen molar-refractivity contribution in [1.82, 2.24) is 15.3 Å². The van der Waals surface area contributed by atoms with E-state index in [0.717, 1.165) is 18.7 Å². The number of nitrogens with one attached hydrogen (secondary N) is 2. The second-order valence-electron chi connectivity index (χ2n) is 3.00. The predicted molar refractivity (Wildman–Crippen MR) is 43.7 cm³/mol. The molecule has 1 aliphatic rings. The quantitative estimate of drug-likeness (QED) is 0.642. The van der Waals surface area contributed by atoms with Gasteiger partial charge in [-0.25, -0.2) is 4.98 Å². The number of carbonyl (C=O) groups excluding carboxylic acids is 1. The van der Waals surface area contributed by atoms with Crippen LogP contribution in [-0.2, 0) is 11.2 Å². The van der Waals surface area contributed by atoms with Crippen molar-refractivity contribution in [2.45, 2.75) is 18.9 Å². The van der Waals surface area contributed by atoms with Crippen molar-refractivity contribution in [3.63, 3.8) is 0 Å². The highest BCUT2D eigenvalue weighted by Crippen LogP contribution is 2.06. The molecule has 4 heteroatoms. The fourth-order valence-electron chi connectivity index (χ4n) is 1.46. The number of hydrogen-bond donors (Lipinski definition) is 2. The van der Waals surface area contributed by atoms with Crippen molar-refractivity contribution in [3.05, 3.63) is 18.2 Å². The molecule has 0 radical (unpaired) electrons. The molecular weight excluding hydrogens is 154 g/mol. The number of ketones is 1. The van der Waals surface area contributed by atoms with E-state index in [4.69, 9.17) is 0 Å². The van der Waals surface area contributed by atoms with Gasteiger partial charge < -0.3 is 10.3 Å². The SMILES string of the molecule is O=C1CCN[C@@H]1Cc1cnc[nH]1. The summed E-state index contributed by atoms with van der Waals surface area (Å²) in [5.41, 5.74) is 1.02. The third-order valence-electron chi connectivity index (χ3n) is 2.13. The molecular formula is C8H11N3O. The summed E-state index contributed by atoms with van der Waals surface area (Å²) >= 11 is 0. The van der Waals surface area contributed by atoms with Crippen LogP contribution in [0.2, 0.25) is 0 Å². The minimum Gasteiger partial charge on any atom is -0.348 e. The maximum absolute atomic E-state index is 11.2. The number of imidazole rings is 1. The summed E-state index contributed by atoms with van der Waals surface area (Å²) in [7, 11) is 0. The number of carbonyl (C=O) groups is 1. The number of Topliss-reactive ketones (excluding diaryl/α,β-unsaturated/α-hetero) is 1. The van der Waals surface area contributed by atoms with Crippen LogP contribution in [0.15, 0.2) is 12.5 Å². The molecule has 4 nitrogen and oxygen atoms in total. The van der Waals surface area contributed by atoms with Gasteiger partial charge >= 0.3 is 0 Å². The van der Waals surface area contributed by atoms with Gasteiger partial charge in [0.25, 0.3) is 0 Å². The third-order valence-corrected chi connectivity index (χ3v) is 2.13. The van der Waals surface area contributed by atoms with Gasteiger partial charge in [0.1, 0.15) is 0 Å². The Morgan fingerprint density at radius 3 is 3.17 bits per heavy atom. The minimum atomic E-state index is 0.00505. The highest BCUT2D eigenvalue weighted by Gasteiger charge is 2.23. The lowest BCUT2D eigenvalue weighted by atomic mass is 10.1. The van der Waals surface area contributed by atoms with Crippen LogP contribution >= 0.6 is 0 Å². The van der Waals surface area contributed by atoms with Gasteiger partial charge in [0.15, 0.2) is 5.78 Å². The molecule has 2 heterocycles. The zero-order valence-corrected chi connectivity index (χ0v) is 6.71. The van der Waals surface area contributed by atoms with Crippen LogP contribution in [0.1, 0.15) is 12.1 Å². The van der Waals surface area contributed by atoms with Crippen LogP contribution in [-0.4, -0.2) is 28.3 Å². The van der Waals surface area contributed by atoms with E-state index in [0.29, 0.717) is 12.2 Å². The Kier molecular flexibility index (Phi) is 1.91. The van der Waals surface area contributed by atoms with E-state index in [2.05, 4.69) is 15.3 Å². The van der Waals surface area contributed by atoms with Gasteiger partial charge in [-0.2, -0.15) is 0 Å². The summed E-state index contributed by atoms with van der Waals surface area (Å²) in [6, 6.07) is 0.00505. The van der Waals surface area contributed by atoms with Crippen molar-refractivity contribution in [1.29, 1.82) is 0 Å². The van der Waals surface area contributed by atoms with Crippen LogP contribution in [0, 0.1) is 0 Å². The molecule has 1 aliphatic heterocycles. The van der Waals surface area contributed by atoms with E-state index in [9.17, 15) is 4.79 Å². The van der Waals surface area contributed by atoms with Gasteiger partial charge in [-0.3, -0.25) is 4.79 Å². The summed E-state index contributed by atoms with van der Waals surface area (Å²) < 4.78 is 0. The van der Waals surface area contributed by atoms with Gasteiger partial charge in [0.05, 0.1) is 12.4 Å². The largest absolute Gasteiger partial charge is 0.348 e. The first-order valence-electron chi connectivity index (χ1n) is 4.09. The normalized spacial score (nSPS) is 23.3. The molecule has 0 saturated carbocycles. The van der Waals surface area contributed by atoms with E-state index in [1.807, 2.05) is 0 Å². The predicted octanol–water partition coefficient (Wildman–Crippen LogP) is -0.117. The van der Waals surface area contributed by atoms with E-state index in [-0.39, 0.29) is 6.04 Å². The fraction of sp³-hybridized carbons (Fsp3) is 0.500. The molecule has 0 amide bonds. The molecule has 1 aromatic rings. The first kappa shape index (κ1) is 7.49. The number of rotatable bonds is 2. The van der Waals surface area contributed by atoms with Gasteiger partial charge in [-0.15, -0.1) is 0 Å². The van der Waals surface area contributed by atoms with Gasteiger partial charge in [-0.1, -0.05) is 0 Å². The molecule has 1 aromatic heterocycles. The lowest BCUT2D eigenvalue weighted by molar-refractivity contribution is -0.118. The van der Waals surface area contributed by atoms with Crippen molar-refractivity contribution >= 4 is 5.78 Å². The molecule has 1 atom stereocenters. The van der Waals surface area contributed by atoms with Crippen molar-refractivity contribution < 1.29 is 4.79 Å². The summed E-state index contributed by atoms with van der Waals surface area (Å²) in [4.78, 5) is 18.1. The maximum Gasteiger partial charge on any atom is 0.151 e. The zero-order chi connectivity index (χ0) is 8.39. The second kappa shape index (κ2) is 3.06. The Morgan fingerprint density at radius 1 is 1.67 bits per heavy atom. The number of aromatic amines is 1. The van der Waals surface area contributed by atoms with Crippen molar-refractivity contribution in [3.8, 4) is 0 Å². The van der Waals surface area contributed by atoms with E-state index in [1.54, 1.807) is 12.5 Å². The molecule has 12 heavy (non-hydrogen) atoms. The highest BCUT2D eigenvalue weighted by molar-refractivity contribution is 5.86. The molecule has 0 spiro atoms. The van der Waals surface area contributed by atoms with Crippen molar-refractivity contribution in [2.24, 2.45) is 0 Å². The smallest absolute Gasteiger partial charge is 0.151 e. The van der Waals surface area contributed by atoms with Crippen LogP contribution in [0.4, 0.5) is 0 Å². The molecule has 1 saturated heterocycles. The van der Waals surface area contributed by atoms with Crippen LogP contribution in [0.25, 0.3) is 0 Å². The molecule has 2 N–H and O–H groups in total. The first-order valence-corrected chi connectivity index (χ1v) is 4.09. The number of aromatic nitrogens is 2. The second-order valence-corrected chi connectivity index (χ2v) is 3.00. The van der Waals surface area contributed by atoms with Crippen LogP contribution in [0.5, 0.6) is 0 Å². The molecule has 0 aromatic carbocycles. The average molecular weight is 165 g/mol. The van der Waals surface area contributed by atoms with Gasteiger partial charge in [-0.05, 0) is 0 Å². The molecule has 0 bridgehead atoms. The first-order chi connectivity index (χ1) is 5.86. The third kappa shape index (κ3) is 1.38. The van der Waals surface area contributed by atoms with Crippen LogP contribution in [0.3, 0.4) is 0 Å².